The Morgan fingerprint density at radius 2 is 1.70 bits per heavy atom. The second-order valence-corrected chi connectivity index (χ2v) is 7.24. The Bertz CT molecular complexity index is 1110. The maximum Gasteiger partial charge on any atom is 0.294 e. The molecule has 0 saturated carbocycles. The molecule has 5 nitrogen and oxygen atoms in total. The van der Waals surface area contributed by atoms with Gasteiger partial charge >= 0.3 is 0 Å². The Kier molecular flexibility index (Phi) is 5.21. The molecule has 27 heavy (non-hydrogen) atoms. The quantitative estimate of drug-likeness (QED) is 0.459. The van der Waals surface area contributed by atoms with Crippen LogP contribution in [0.3, 0.4) is 0 Å². The van der Waals surface area contributed by atoms with E-state index < -0.39 is 10.1 Å². The summed E-state index contributed by atoms with van der Waals surface area (Å²) in [7, 11) is -4.06. The normalized spacial score (nSPS) is 15.8. The molecule has 0 fully saturated rings. The van der Waals surface area contributed by atoms with E-state index in [4.69, 9.17) is 9.76 Å². The van der Waals surface area contributed by atoms with Gasteiger partial charge in [0.25, 0.3) is 10.1 Å². The number of allylic oxidation sites excluding steroid dienone is 5. The van der Waals surface area contributed by atoms with Crippen LogP contribution in [0, 0.1) is 0 Å². The first-order valence-electron chi connectivity index (χ1n) is 8.06. The van der Waals surface area contributed by atoms with Gasteiger partial charge in [-0.3, -0.25) is 4.55 Å². The van der Waals surface area contributed by atoms with Crippen molar-refractivity contribution in [1.29, 1.82) is 0 Å². The summed E-state index contributed by atoms with van der Waals surface area (Å²) in [5.41, 5.74) is 5.97. The van der Waals surface area contributed by atoms with Gasteiger partial charge in [-0.05, 0) is 46.5 Å². The highest BCUT2D eigenvalue weighted by Crippen LogP contribution is 2.37. The summed E-state index contributed by atoms with van der Waals surface area (Å²) in [5, 5.41) is 12.2. The fraction of sp³-hybridized carbons (Fsp3) is 0. The lowest BCUT2D eigenvalue weighted by molar-refractivity contribution is 0.320. The molecular weight excluding hydrogens is 362 g/mol. The van der Waals surface area contributed by atoms with Crippen LogP contribution in [0.25, 0.3) is 17.7 Å². The highest BCUT2D eigenvalue weighted by atomic mass is 32.2. The van der Waals surface area contributed by atoms with Crippen molar-refractivity contribution in [2.24, 2.45) is 5.16 Å². The molecule has 0 radical (unpaired) electrons. The van der Waals surface area contributed by atoms with Crippen molar-refractivity contribution in [3.63, 3.8) is 0 Å². The van der Waals surface area contributed by atoms with Crippen molar-refractivity contribution >= 4 is 33.6 Å². The van der Waals surface area contributed by atoms with Crippen molar-refractivity contribution < 1.29 is 18.2 Å². The molecule has 0 saturated heterocycles. The van der Waals surface area contributed by atoms with Crippen molar-refractivity contribution in [3.05, 3.63) is 95.6 Å². The SMILES string of the molecule is C=Cc1ccc(S(=O)(=O)O)cc1.ON=C1C=CC=C2C1=Cc1ccccc12. The third-order valence-corrected chi connectivity index (χ3v) is 5.02. The highest BCUT2D eigenvalue weighted by molar-refractivity contribution is 7.85. The number of benzene rings is 2. The topological polar surface area (TPSA) is 87.0 Å². The first kappa shape index (κ1) is 18.6. The molecule has 0 heterocycles. The van der Waals surface area contributed by atoms with Crippen LogP contribution < -0.4 is 0 Å². The zero-order chi connectivity index (χ0) is 19.4. The molecule has 2 N–H and O–H groups in total. The van der Waals surface area contributed by atoms with Crippen LogP contribution in [-0.4, -0.2) is 23.9 Å². The van der Waals surface area contributed by atoms with Gasteiger partial charge in [0.2, 0.25) is 0 Å². The van der Waals surface area contributed by atoms with Crippen LogP contribution in [0.4, 0.5) is 0 Å². The third kappa shape index (κ3) is 3.97. The van der Waals surface area contributed by atoms with E-state index in [1.165, 1.54) is 23.3 Å². The van der Waals surface area contributed by atoms with E-state index in [1.54, 1.807) is 24.3 Å². The molecular formula is C21H17NO4S. The van der Waals surface area contributed by atoms with Gasteiger partial charge in [-0.2, -0.15) is 8.42 Å². The lowest BCUT2D eigenvalue weighted by atomic mass is 9.96. The molecule has 6 heteroatoms. The van der Waals surface area contributed by atoms with Crippen LogP contribution in [0.5, 0.6) is 0 Å². The van der Waals surface area contributed by atoms with E-state index in [9.17, 15) is 8.42 Å². The molecule has 0 aromatic heterocycles. The number of rotatable bonds is 2. The third-order valence-electron chi connectivity index (χ3n) is 4.16. The van der Waals surface area contributed by atoms with Crippen molar-refractivity contribution in [2.45, 2.75) is 4.90 Å². The smallest absolute Gasteiger partial charge is 0.294 e. The summed E-state index contributed by atoms with van der Waals surface area (Å²) in [6, 6.07) is 14.0. The Morgan fingerprint density at radius 1 is 1.00 bits per heavy atom. The maximum absolute atomic E-state index is 10.6. The average molecular weight is 379 g/mol. The molecule has 2 aliphatic carbocycles. The van der Waals surface area contributed by atoms with E-state index in [0.29, 0.717) is 5.71 Å². The summed E-state index contributed by atoms with van der Waals surface area (Å²) in [4.78, 5) is -0.104. The van der Waals surface area contributed by atoms with Crippen LogP contribution in [0.1, 0.15) is 16.7 Å². The second kappa shape index (κ2) is 7.57. The van der Waals surface area contributed by atoms with Crippen molar-refractivity contribution in [2.75, 3.05) is 0 Å². The van der Waals surface area contributed by atoms with Gasteiger partial charge in [-0.1, -0.05) is 66.4 Å². The van der Waals surface area contributed by atoms with Crippen molar-refractivity contribution in [3.8, 4) is 0 Å². The average Bonchev–Trinajstić information content (AvgIpc) is 3.06. The molecule has 2 aromatic rings. The van der Waals surface area contributed by atoms with Gasteiger partial charge in [0.05, 0.1) is 4.90 Å². The minimum Gasteiger partial charge on any atom is -0.410 e. The fourth-order valence-electron chi connectivity index (χ4n) is 2.83. The summed E-state index contributed by atoms with van der Waals surface area (Å²) >= 11 is 0. The second-order valence-electron chi connectivity index (χ2n) is 5.82. The number of hydrogen-bond donors (Lipinski definition) is 2. The Balaban J connectivity index is 0.000000161. The van der Waals surface area contributed by atoms with Gasteiger partial charge in [-0.25, -0.2) is 0 Å². The molecule has 4 rings (SSSR count). The number of oxime groups is 1. The van der Waals surface area contributed by atoms with E-state index in [2.05, 4.69) is 29.9 Å². The Hall–Kier alpha value is -3.22. The Morgan fingerprint density at radius 3 is 2.33 bits per heavy atom. The fourth-order valence-corrected chi connectivity index (χ4v) is 3.31. The number of fused-ring (bicyclic) bond motifs is 3. The molecule has 0 unspecified atom stereocenters. The summed E-state index contributed by atoms with van der Waals surface area (Å²) in [5.74, 6) is 0. The van der Waals surface area contributed by atoms with Crippen LogP contribution in [-0.2, 0) is 10.1 Å². The standard InChI is InChI=1S/C13H9NO.C8H8O3S/c15-14-13-7-3-6-11-10-5-2-1-4-9(10)8-12(11)13;1-2-7-3-5-8(6-4-7)12(9,10)11/h1-8,15H;2-6H,1H2,(H,9,10,11). The summed E-state index contributed by atoms with van der Waals surface area (Å²) in [6.07, 6.45) is 9.41. The van der Waals surface area contributed by atoms with E-state index in [1.807, 2.05) is 24.3 Å². The highest BCUT2D eigenvalue weighted by Gasteiger charge is 2.22. The van der Waals surface area contributed by atoms with Gasteiger partial charge in [0.15, 0.2) is 0 Å². The molecule has 0 aliphatic heterocycles. The Labute approximate surface area is 157 Å². The first-order valence-corrected chi connectivity index (χ1v) is 9.50. The molecule has 0 spiro atoms. The van der Waals surface area contributed by atoms with Gasteiger partial charge in [0, 0.05) is 5.57 Å². The van der Waals surface area contributed by atoms with Crippen LogP contribution in [0.2, 0.25) is 0 Å². The molecule has 2 aromatic carbocycles. The maximum atomic E-state index is 10.6. The van der Waals surface area contributed by atoms with Gasteiger partial charge < -0.3 is 5.21 Å². The predicted molar refractivity (Wildman–Crippen MR) is 107 cm³/mol. The molecule has 0 amide bonds. The molecule has 2 aliphatic rings. The lowest BCUT2D eigenvalue weighted by Gasteiger charge is -2.08. The van der Waals surface area contributed by atoms with E-state index in [0.717, 1.165) is 16.7 Å². The zero-order valence-electron chi connectivity index (χ0n) is 14.3. The lowest BCUT2D eigenvalue weighted by Crippen LogP contribution is -2.01. The zero-order valence-corrected chi connectivity index (χ0v) is 15.1. The van der Waals surface area contributed by atoms with Crippen molar-refractivity contribution in [1.82, 2.24) is 0 Å². The monoisotopic (exact) mass is 379 g/mol. The van der Waals surface area contributed by atoms with E-state index in [-0.39, 0.29) is 4.90 Å². The largest absolute Gasteiger partial charge is 0.410 e. The molecule has 0 bridgehead atoms. The van der Waals surface area contributed by atoms with E-state index >= 15 is 0 Å². The first-order chi connectivity index (χ1) is 12.9. The molecule has 0 atom stereocenters. The van der Waals surface area contributed by atoms with Gasteiger partial charge in [0.1, 0.15) is 5.71 Å². The summed E-state index contributed by atoms with van der Waals surface area (Å²) in [6.45, 7) is 3.51. The predicted octanol–water partition coefficient (Wildman–Crippen LogP) is 4.44. The van der Waals surface area contributed by atoms with Crippen LogP contribution >= 0.6 is 0 Å². The van der Waals surface area contributed by atoms with Crippen LogP contribution in [0.15, 0.2) is 89.0 Å². The minimum atomic E-state index is -4.06. The summed E-state index contributed by atoms with van der Waals surface area (Å²) < 4.78 is 29.7. The number of hydrogen-bond acceptors (Lipinski definition) is 4. The minimum absolute atomic E-state index is 0.104. The number of nitrogens with zero attached hydrogens (tertiary/aromatic N) is 1. The van der Waals surface area contributed by atoms with Gasteiger partial charge in [-0.15, -0.1) is 0 Å². The molecule has 136 valence electrons.